The van der Waals surface area contributed by atoms with Crippen LogP contribution in [0.15, 0.2) is 18.2 Å². The van der Waals surface area contributed by atoms with E-state index in [9.17, 15) is 5.26 Å². The lowest BCUT2D eigenvalue weighted by Gasteiger charge is -2.31. The minimum absolute atomic E-state index is 0.230. The van der Waals surface area contributed by atoms with Crippen LogP contribution in [-0.2, 0) is 6.42 Å². The zero-order valence-corrected chi connectivity index (χ0v) is 11.2. The third-order valence-electron chi connectivity index (χ3n) is 3.58. The Balaban J connectivity index is 2.23. The van der Waals surface area contributed by atoms with Crippen LogP contribution in [0.4, 0.5) is 0 Å². The van der Waals surface area contributed by atoms with E-state index in [1.54, 1.807) is 6.07 Å². The molecule has 1 saturated carbocycles. The SMILES string of the molecule is N#CC1(Cc2cc(Cl)ccc2Cl)CCCCC1. The highest BCUT2D eigenvalue weighted by atomic mass is 35.5. The Kier molecular flexibility index (Phi) is 3.97. The van der Waals surface area contributed by atoms with E-state index in [1.807, 2.05) is 12.1 Å². The maximum atomic E-state index is 9.44. The molecule has 0 unspecified atom stereocenters. The fraction of sp³-hybridized carbons (Fsp3) is 0.500. The number of nitrogens with zero attached hydrogens (tertiary/aromatic N) is 1. The first-order valence-electron chi connectivity index (χ1n) is 6.00. The van der Waals surface area contributed by atoms with Crippen molar-refractivity contribution < 1.29 is 0 Å². The van der Waals surface area contributed by atoms with Crippen LogP contribution in [0.2, 0.25) is 10.0 Å². The van der Waals surface area contributed by atoms with E-state index in [4.69, 9.17) is 23.2 Å². The van der Waals surface area contributed by atoms with Crippen LogP contribution in [0, 0.1) is 16.7 Å². The number of rotatable bonds is 2. The average Bonchev–Trinajstić information content (AvgIpc) is 2.35. The fourth-order valence-electron chi connectivity index (χ4n) is 2.60. The van der Waals surface area contributed by atoms with Gasteiger partial charge in [0.25, 0.3) is 0 Å². The predicted octanol–water partition coefficient (Wildman–Crippen LogP) is 5.01. The van der Waals surface area contributed by atoms with Crippen LogP contribution in [0.25, 0.3) is 0 Å². The molecule has 0 amide bonds. The smallest absolute Gasteiger partial charge is 0.0693 e. The maximum absolute atomic E-state index is 9.44. The molecule has 2 rings (SSSR count). The first kappa shape index (κ1) is 12.7. The van der Waals surface area contributed by atoms with Crippen molar-refractivity contribution >= 4 is 23.2 Å². The quantitative estimate of drug-likeness (QED) is 0.739. The third kappa shape index (κ3) is 2.94. The summed E-state index contributed by atoms with van der Waals surface area (Å²) in [7, 11) is 0. The molecule has 1 aromatic rings. The second-order valence-electron chi connectivity index (χ2n) is 4.87. The molecule has 3 heteroatoms. The van der Waals surface area contributed by atoms with Crippen LogP contribution in [0.3, 0.4) is 0 Å². The van der Waals surface area contributed by atoms with E-state index in [0.29, 0.717) is 5.02 Å². The van der Waals surface area contributed by atoms with Gasteiger partial charge in [0.1, 0.15) is 0 Å². The van der Waals surface area contributed by atoms with Gasteiger partial charge in [-0.1, -0.05) is 42.5 Å². The fourth-order valence-corrected chi connectivity index (χ4v) is 2.98. The Morgan fingerprint density at radius 1 is 1.18 bits per heavy atom. The van der Waals surface area contributed by atoms with Crippen LogP contribution in [-0.4, -0.2) is 0 Å². The minimum Gasteiger partial charge on any atom is -0.198 e. The standard InChI is InChI=1S/C14H15Cl2N/c15-12-4-5-13(16)11(8-12)9-14(10-17)6-2-1-3-7-14/h4-5,8H,1-3,6-7,9H2. The van der Waals surface area contributed by atoms with Gasteiger partial charge in [-0.3, -0.25) is 0 Å². The summed E-state index contributed by atoms with van der Waals surface area (Å²) in [6.07, 6.45) is 6.21. The number of nitriles is 1. The first-order chi connectivity index (χ1) is 8.15. The number of benzene rings is 1. The van der Waals surface area contributed by atoms with Crippen LogP contribution >= 0.6 is 23.2 Å². The Bertz CT molecular complexity index is 442. The molecule has 17 heavy (non-hydrogen) atoms. The highest BCUT2D eigenvalue weighted by molar-refractivity contribution is 6.33. The van der Waals surface area contributed by atoms with Gasteiger partial charge in [-0.25, -0.2) is 0 Å². The molecule has 0 bridgehead atoms. The van der Waals surface area contributed by atoms with Gasteiger partial charge in [-0.05, 0) is 43.0 Å². The predicted molar refractivity (Wildman–Crippen MR) is 71.3 cm³/mol. The highest BCUT2D eigenvalue weighted by Crippen LogP contribution is 2.40. The Morgan fingerprint density at radius 2 is 1.88 bits per heavy atom. The summed E-state index contributed by atoms with van der Waals surface area (Å²) in [5.74, 6) is 0. The molecule has 0 aromatic heterocycles. The van der Waals surface area contributed by atoms with Gasteiger partial charge in [-0.2, -0.15) is 5.26 Å². The van der Waals surface area contributed by atoms with Crippen molar-refractivity contribution in [2.24, 2.45) is 5.41 Å². The number of halogens is 2. The van der Waals surface area contributed by atoms with E-state index in [-0.39, 0.29) is 5.41 Å². The molecule has 0 saturated heterocycles. The lowest BCUT2D eigenvalue weighted by Crippen LogP contribution is -2.25. The van der Waals surface area contributed by atoms with E-state index < -0.39 is 0 Å². The van der Waals surface area contributed by atoms with Crippen molar-refractivity contribution in [3.05, 3.63) is 33.8 Å². The zero-order chi connectivity index (χ0) is 12.3. The Labute approximate surface area is 112 Å². The summed E-state index contributed by atoms with van der Waals surface area (Å²) in [4.78, 5) is 0. The van der Waals surface area contributed by atoms with Crippen LogP contribution in [0.5, 0.6) is 0 Å². The monoisotopic (exact) mass is 267 g/mol. The minimum atomic E-state index is -0.230. The summed E-state index contributed by atoms with van der Waals surface area (Å²) in [5.41, 5.74) is 0.773. The van der Waals surface area contributed by atoms with Crippen molar-refractivity contribution in [1.82, 2.24) is 0 Å². The Morgan fingerprint density at radius 3 is 2.53 bits per heavy atom. The highest BCUT2D eigenvalue weighted by Gasteiger charge is 2.32. The molecular weight excluding hydrogens is 253 g/mol. The molecule has 1 aliphatic carbocycles. The lowest BCUT2D eigenvalue weighted by atomic mass is 9.71. The van der Waals surface area contributed by atoms with Gasteiger partial charge < -0.3 is 0 Å². The van der Waals surface area contributed by atoms with E-state index >= 15 is 0 Å². The molecular formula is C14H15Cl2N. The summed E-state index contributed by atoms with van der Waals surface area (Å²) < 4.78 is 0. The van der Waals surface area contributed by atoms with Gasteiger partial charge in [0.05, 0.1) is 11.5 Å². The van der Waals surface area contributed by atoms with Crippen LogP contribution in [0.1, 0.15) is 37.7 Å². The van der Waals surface area contributed by atoms with Crippen molar-refractivity contribution in [2.75, 3.05) is 0 Å². The number of hydrogen-bond donors (Lipinski definition) is 0. The second kappa shape index (κ2) is 5.29. The normalized spacial score (nSPS) is 18.6. The molecule has 0 radical (unpaired) electrons. The molecule has 0 atom stereocenters. The van der Waals surface area contributed by atoms with E-state index in [1.165, 1.54) is 6.42 Å². The molecule has 1 nitrogen and oxygen atoms in total. The van der Waals surface area contributed by atoms with Crippen molar-refractivity contribution in [3.63, 3.8) is 0 Å². The van der Waals surface area contributed by atoms with Gasteiger partial charge in [0, 0.05) is 10.0 Å². The molecule has 0 N–H and O–H groups in total. The van der Waals surface area contributed by atoms with Gasteiger partial charge in [0.2, 0.25) is 0 Å². The molecule has 0 heterocycles. The summed E-state index contributed by atoms with van der Waals surface area (Å²) >= 11 is 12.1. The van der Waals surface area contributed by atoms with Gasteiger partial charge in [0.15, 0.2) is 0 Å². The van der Waals surface area contributed by atoms with Crippen molar-refractivity contribution in [2.45, 2.75) is 38.5 Å². The van der Waals surface area contributed by atoms with Gasteiger partial charge >= 0.3 is 0 Å². The molecule has 1 fully saturated rings. The molecule has 90 valence electrons. The summed E-state index contributed by atoms with van der Waals surface area (Å²) in [6, 6.07) is 7.99. The molecule has 0 spiro atoms. The zero-order valence-electron chi connectivity index (χ0n) is 9.68. The van der Waals surface area contributed by atoms with E-state index in [0.717, 1.165) is 42.7 Å². The Hall–Kier alpha value is -0.710. The van der Waals surface area contributed by atoms with E-state index in [2.05, 4.69) is 6.07 Å². The summed E-state index contributed by atoms with van der Waals surface area (Å²) in [6.45, 7) is 0. The number of hydrogen-bond acceptors (Lipinski definition) is 1. The molecule has 1 aromatic carbocycles. The largest absolute Gasteiger partial charge is 0.198 e. The second-order valence-corrected chi connectivity index (χ2v) is 5.71. The average molecular weight is 268 g/mol. The lowest BCUT2D eigenvalue weighted by molar-refractivity contribution is 0.266. The van der Waals surface area contributed by atoms with Crippen LogP contribution < -0.4 is 0 Å². The third-order valence-corrected chi connectivity index (χ3v) is 4.19. The van der Waals surface area contributed by atoms with Crippen molar-refractivity contribution in [3.8, 4) is 6.07 Å². The topological polar surface area (TPSA) is 23.8 Å². The van der Waals surface area contributed by atoms with Gasteiger partial charge in [-0.15, -0.1) is 0 Å². The molecule has 1 aliphatic rings. The first-order valence-corrected chi connectivity index (χ1v) is 6.76. The van der Waals surface area contributed by atoms with Crippen molar-refractivity contribution in [1.29, 1.82) is 5.26 Å². The maximum Gasteiger partial charge on any atom is 0.0693 e. The molecule has 0 aliphatic heterocycles. The summed E-state index contributed by atoms with van der Waals surface area (Å²) in [5, 5.41) is 10.8.